The van der Waals surface area contributed by atoms with Gasteiger partial charge in [-0.15, -0.1) is 6.58 Å². The average Bonchev–Trinajstić information content (AvgIpc) is 3.26. The molecule has 1 spiro atoms. The maximum atomic E-state index is 13.4. The van der Waals surface area contributed by atoms with E-state index >= 15 is 0 Å². The molecule has 3 aromatic carbocycles. The van der Waals surface area contributed by atoms with E-state index in [1.54, 1.807) is 18.2 Å². The molecule has 2 N–H and O–H groups in total. The fourth-order valence-electron chi connectivity index (χ4n) is 7.59. The minimum Gasteiger partial charge on any atom is -0.458 e. The van der Waals surface area contributed by atoms with Crippen LogP contribution in [0.5, 0.6) is 0 Å². The Morgan fingerprint density at radius 2 is 1.52 bits per heavy atom. The lowest BCUT2D eigenvalue weighted by molar-refractivity contribution is -0.335. The molecule has 7 nitrogen and oxygen atoms in total. The minimum atomic E-state index is -2.81. The largest absolute Gasteiger partial charge is 0.458 e. The fraction of sp³-hybridized carbons (Fsp3) is 0.475. The molecule has 0 aromatic heterocycles. The average molecular weight is 673 g/mol. The molecule has 2 saturated heterocycles. The number of hydrogen-bond acceptors (Lipinski definition) is 7. The standard InChI is InChI=1S/C40H52O7Si/c1-8-18-32(41)35-36(42)39(6,7)40(47-35)27-34(45-37(43)29-19-12-9-13-20-29)28(2)33(46-40)25-26-44-48(38(3,4)5,30-21-14-10-15-22-30)31-23-16-11-17-24-31/h8-17,19-24,28,32-36,41-42H,1,18,25-27H2,2-7H3/t28-,32-,33+,34-,35-,36+,40-/m1/s1. The number of esters is 1. The lowest BCUT2D eigenvalue weighted by Crippen LogP contribution is -2.66. The summed E-state index contributed by atoms with van der Waals surface area (Å²) < 4.78 is 27.0. The second-order valence-corrected chi connectivity index (χ2v) is 19.2. The van der Waals surface area contributed by atoms with E-state index in [9.17, 15) is 15.0 Å². The summed E-state index contributed by atoms with van der Waals surface area (Å²) in [4.78, 5) is 13.4. The highest BCUT2D eigenvalue weighted by Crippen LogP contribution is 2.55. The predicted octanol–water partition coefficient (Wildman–Crippen LogP) is 6.02. The molecule has 0 unspecified atom stereocenters. The summed E-state index contributed by atoms with van der Waals surface area (Å²) >= 11 is 0. The second-order valence-electron chi connectivity index (χ2n) is 14.9. The minimum absolute atomic E-state index is 0.196. The Kier molecular flexibility index (Phi) is 10.8. The van der Waals surface area contributed by atoms with Crippen molar-refractivity contribution in [1.29, 1.82) is 0 Å². The molecular formula is C40H52O7Si. The summed E-state index contributed by atoms with van der Waals surface area (Å²) in [5, 5.41) is 24.7. The molecule has 7 atom stereocenters. The van der Waals surface area contributed by atoms with Gasteiger partial charge in [0.05, 0.1) is 23.9 Å². The smallest absolute Gasteiger partial charge is 0.338 e. The Morgan fingerprint density at radius 1 is 0.979 bits per heavy atom. The number of ether oxygens (including phenoxy) is 3. The zero-order chi connectivity index (χ0) is 34.7. The molecule has 5 rings (SSSR count). The van der Waals surface area contributed by atoms with Crippen molar-refractivity contribution in [2.24, 2.45) is 11.3 Å². The molecule has 3 aromatic rings. The van der Waals surface area contributed by atoms with E-state index in [-0.39, 0.29) is 23.8 Å². The lowest BCUT2D eigenvalue weighted by Gasteiger charge is -2.51. The first-order valence-corrected chi connectivity index (χ1v) is 19.0. The van der Waals surface area contributed by atoms with Gasteiger partial charge in [-0.1, -0.05) is 126 Å². The van der Waals surface area contributed by atoms with Crippen LogP contribution in [0.15, 0.2) is 104 Å². The molecule has 2 heterocycles. The predicted molar refractivity (Wildman–Crippen MR) is 191 cm³/mol. The Hall–Kier alpha value is -3.11. The van der Waals surface area contributed by atoms with Crippen molar-refractivity contribution >= 4 is 24.7 Å². The maximum absolute atomic E-state index is 13.4. The van der Waals surface area contributed by atoms with Gasteiger partial charge in [0.1, 0.15) is 12.2 Å². The third-order valence-corrected chi connectivity index (χ3v) is 15.6. The molecule has 2 aliphatic rings. The quantitative estimate of drug-likeness (QED) is 0.146. The normalized spacial score (nSPS) is 27.8. The van der Waals surface area contributed by atoms with Crippen LogP contribution in [0.25, 0.3) is 0 Å². The van der Waals surface area contributed by atoms with Gasteiger partial charge in [0, 0.05) is 24.4 Å². The van der Waals surface area contributed by atoms with Crippen molar-refractivity contribution in [3.05, 3.63) is 109 Å². The van der Waals surface area contributed by atoms with E-state index in [0.29, 0.717) is 18.6 Å². The summed E-state index contributed by atoms with van der Waals surface area (Å²) in [6.07, 6.45) is -1.33. The molecular weight excluding hydrogens is 621 g/mol. The van der Waals surface area contributed by atoms with Crippen molar-refractivity contribution < 1.29 is 33.6 Å². The number of benzene rings is 3. The van der Waals surface area contributed by atoms with Crippen LogP contribution >= 0.6 is 0 Å². The van der Waals surface area contributed by atoms with E-state index < -0.39 is 56.0 Å². The molecule has 0 bridgehead atoms. The molecule has 258 valence electrons. The van der Waals surface area contributed by atoms with Crippen molar-refractivity contribution in [3.63, 3.8) is 0 Å². The number of rotatable bonds is 11. The van der Waals surface area contributed by atoms with Crippen molar-refractivity contribution in [2.45, 2.75) is 102 Å². The van der Waals surface area contributed by atoms with Crippen LogP contribution in [0.4, 0.5) is 0 Å². The van der Waals surface area contributed by atoms with Gasteiger partial charge < -0.3 is 28.8 Å². The summed E-state index contributed by atoms with van der Waals surface area (Å²) in [6, 6.07) is 30.0. The van der Waals surface area contributed by atoms with E-state index in [0.717, 1.165) is 0 Å². The van der Waals surface area contributed by atoms with Gasteiger partial charge in [-0.05, 0) is 40.4 Å². The van der Waals surface area contributed by atoms with Crippen LogP contribution in [-0.4, -0.2) is 67.4 Å². The van der Waals surface area contributed by atoms with E-state index in [1.165, 1.54) is 10.4 Å². The second kappa shape index (κ2) is 14.4. The summed E-state index contributed by atoms with van der Waals surface area (Å²) in [5.74, 6) is -1.96. The first-order valence-electron chi connectivity index (χ1n) is 17.1. The van der Waals surface area contributed by atoms with Crippen LogP contribution in [0, 0.1) is 11.3 Å². The van der Waals surface area contributed by atoms with Crippen molar-refractivity contribution in [2.75, 3.05) is 6.61 Å². The van der Waals surface area contributed by atoms with Crippen molar-refractivity contribution in [3.8, 4) is 0 Å². The van der Waals surface area contributed by atoms with Crippen LogP contribution in [0.1, 0.15) is 71.2 Å². The van der Waals surface area contributed by atoms with Crippen LogP contribution in [0.2, 0.25) is 5.04 Å². The van der Waals surface area contributed by atoms with Gasteiger partial charge in [0.2, 0.25) is 0 Å². The molecule has 2 aliphatic heterocycles. The van der Waals surface area contributed by atoms with Gasteiger partial charge in [-0.25, -0.2) is 4.79 Å². The Balaban J connectivity index is 1.48. The van der Waals surface area contributed by atoms with E-state index in [1.807, 2.05) is 51.1 Å². The molecule has 8 heteroatoms. The maximum Gasteiger partial charge on any atom is 0.338 e. The SMILES string of the molecule is C=CC[C@@H](O)[C@H]1O[C@]2(C[C@@H](OC(=O)c3ccccc3)[C@H](C)[C@H](CCO[Si](c3ccccc3)(c3ccccc3)C(C)(C)C)O2)C(C)(C)[C@H]1O. The van der Waals surface area contributed by atoms with Crippen LogP contribution in [-0.2, 0) is 18.6 Å². The summed E-state index contributed by atoms with van der Waals surface area (Å²) in [6.45, 7) is 16.7. The highest BCUT2D eigenvalue weighted by molar-refractivity contribution is 6.99. The monoisotopic (exact) mass is 672 g/mol. The zero-order valence-electron chi connectivity index (χ0n) is 29.2. The fourth-order valence-corrected chi connectivity index (χ4v) is 12.2. The first kappa shape index (κ1) is 36.2. The van der Waals surface area contributed by atoms with Gasteiger partial charge in [0.25, 0.3) is 8.32 Å². The molecule has 0 amide bonds. The number of hydrogen-bond donors (Lipinski definition) is 2. The van der Waals surface area contributed by atoms with E-state index in [2.05, 4.69) is 75.9 Å². The summed E-state index contributed by atoms with van der Waals surface area (Å²) in [5.41, 5.74) is -0.475. The Morgan fingerprint density at radius 3 is 2.04 bits per heavy atom. The zero-order valence-corrected chi connectivity index (χ0v) is 30.2. The lowest BCUT2D eigenvalue weighted by atomic mass is 9.72. The number of carbonyl (C=O) groups excluding carboxylic acids is 1. The van der Waals surface area contributed by atoms with Gasteiger partial charge in [-0.3, -0.25) is 0 Å². The third-order valence-electron chi connectivity index (χ3n) is 10.5. The van der Waals surface area contributed by atoms with Crippen LogP contribution < -0.4 is 10.4 Å². The third kappa shape index (κ3) is 6.71. The van der Waals surface area contributed by atoms with Gasteiger partial charge in [0.15, 0.2) is 5.79 Å². The molecule has 0 aliphatic carbocycles. The van der Waals surface area contributed by atoms with Gasteiger partial charge >= 0.3 is 5.97 Å². The highest BCUT2D eigenvalue weighted by Gasteiger charge is 2.66. The number of carbonyl (C=O) groups is 1. The van der Waals surface area contributed by atoms with Crippen molar-refractivity contribution in [1.82, 2.24) is 0 Å². The number of aliphatic hydroxyl groups is 2. The Bertz CT molecular complexity index is 1470. The van der Waals surface area contributed by atoms with Gasteiger partial charge in [-0.2, -0.15) is 0 Å². The highest BCUT2D eigenvalue weighted by atomic mass is 28.4. The van der Waals surface area contributed by atoms with Crippen LogP contribution in [0.3, 0.4) is 0 Å². The molecule has 0 radical (unpaired) electrons. The number of aliphatic hydroxyl groups excluding tert-OH is 2. The first-order chi connectivity index (χ1) is 22.8. The Labute approximate surface area is 287 Å². The molecule has 2 fully saturated rings. The molecule has 0 saturated carbocycles. The summed E-state index contributed by atoms with van der Waals surface area (Å²) in [7, 11) is -2.81. The van der Waals surface area contributed by atoms with E-state index in [4.69, 9.17) is 18.6 Å². The molecule has 48 heavy (non-hydrogen) atoms. The topological polar surface area (TPSA) is 94.5 Å².